The van der Waals surface area contributed by atoms with Crippen LogP contribution >= 0.6 is 0 Å². The Labute approximate surface area is 510 Å². The minimum atomic E-state index is -0.716. The van der Waals surface area contributed by atoms with Gasteiger partial charge in [-0.3, -0.25) is 0 Å². The average Bonchev–Trinajstić information content (AvgIpc) is 0.715. The molecule has 4 heteroatoms. The third-order valence-corrected chi connectivity index (χ3v) is 16.4. The van der Waals surface area contributed by atoms with Gasteiger partial charge in [0, 0.05) is 33.3 Å². The van der Waals surface area contributed by atoms with Gasteiger partial charge in [-0.1, -0.05) is 253 Å². The van der Waals surface area contributed by atoms with Crippen molar-refractivity contribution in [1.29, 1.82) is 0 Å². The lowest BCUT2D eigenvalue weighted by molar-refractivity contribution is 0.590. The fourth-order valence-electron chi connectivity index (χ4n) is 11.5. The minimum absolute atomic E-state index is 0.0961. The van der Waals surface area contributed by atoms with E-state index in [-0.39, 0.29) is 66.9 Å². The van der Waals surface area contributed by atoms with Crippen molar-refractivity contribution < 1.29 is 22.5 Å². The standard InChI is InChI=1S/C80H74F2N2/c1-77(2,3)59-35-23-51(24-36-59)57-47-67(53-27-39-61(40-28-53)79(7,8)9)75(81)71(49-57)83(63-19-15-13-16-20-63)69-45-33-55-32-44-66-70(46-34-56-31-43-65(69)73(55)74(56)66)84(64-21-17-14-18-22-64)72-50-58(52-25-37-60(38-26-52)78(4,5)6)48-68(76(72)82)54-29-41-62(42-30-54)80(10,11)12/h13-50H,1-12H3/i13D,14D,15D,16D,17D,18D,19D,20D,21D,22D. The molecule has 0 spiro atoms. The molecule has 418 valence electrons. The largest absolute Gasteiger partial charge is 0.307 e. The molecule has 0 bridgehead atoms. The topological polar surface area (TPSA) is 6.48 Å². The summed E-state index contributed by atoms with van der Waals surface area (Å²) in [6, 6.07) is 47.1. The summed E-state index contributed by atoms with van der Waals surface area (Å²) >= 11 is 0. The van der Waals surface area contributed by atoms with Crippen LogP contribution in [-0.2, 0) is 21.7 Å². The van der Waals surface area contributed by atoms with E-state index in [9.17, 15) is 5.48 Å². The molecule has 2 nitrogen and oxygen atoms in total. The Hall–Kier alpha value is -8.86. The maximum atomic E-state index is 18.8. The monoisotopic (exact) mass is 1110 g/mol. The SMILES string of the molecule is [2H]c1c([2H])c([2H])c(N(c2cc(-c3ccc(C(C)(C)C)cc3)cc(-c3ccc(C(C)(C)C)cc3)c2F)c2ccc3ccc4c(N(c5cc(-c6ccc(C(C)(C)C)cc6)cc(-c6ccc(C(C)(C)C)cc6)c5F)c5c([2H])c([2H])c([2H])c([2H])c5[2H])ccc5ccc2c3c54)c([2H])c1[2H]. The van der Waals surface area contributed by atoms with Crippen LogP contribution in [0.1, 0.15) is 119 Å². The van der Waals surface area contributed by atoms with Gasteiger partial charge in [0.15, 0.2) is 11.6 Å². The summed E-state index contributed by atoms with van der Waals surface area (Å²) in [6.45, 7) is 25.4. The summed E-state index contributed by atoms with van der Waals surface area (Å²) in [5.74, 6) is -1.43. The molecule has 12 rings (SSSR count). The van der Waals surface area contributed by atoms with E-state index < -0.39 is 72.1 Å². The van der Waals surface area contributed by atoms with Gasteiger partial charge in [0.05, 0.1) is 36.5 Å². The van der Waals surface area contributed by atoms with Gasteiger partial charge in [0.25, 0.3) is 0 Å². The molecule has 0 aliphatic heterocycles. The van der Waals surface area contributed by atoms with Crippen LogP contribution in [0.15, 0.2) is 230 Å². The van der Waals surface area contributed by atoms with Crippen molar-refractivity contribution in [2.45, 2.75) is 105 Å². The summed E-state index contributed by atoms with van der Waals surface area (Å²) in [4.78, 5) is 2.87. The van der Waals surface area contributed by atoms with Gasteiger partial charge in [-0.05, 0) is 159 Å². The van der Waals surface area contributed by atoms with Gasteiger partial charge in [-0.25, -0.2) is 8.78 Å². The normalized spacial score (nSPS) is 14.1. The van der Waals surface area contributed by atoms with E-state index in [1.54, 1.807) is 36.4 Å². The second-order valence-electron chi connectivity index (χ2n) is 26.2. The van der Waals surface area contributed by atoms with Crippen LogP contribution in [0.4, 0.5) is 42.9 Å². The van der Waals surface area contributed by atoms with Gasteiger partial charge in [-0.2, -0.15) is 0 Å². The van der Waals surface area contributed by atoms with Gasteiger partial charge < -0.3 is 9.80 Å². The summed E-state index contributed by atoms with van der Waals surface area (Å²) in [5, 5.41) is 3.57. The number of rotatable bonds is 10. The van der Waals surface area contributed by atoms with Crippen LogP contribution in [0.5, 0.6) is 0 Å². The molecular weight excluding hydrogens is 1030 g/mol. The van der Waals surface area contributed by atoms with Crippen molar-refractivity contribution in [2.24, 2.45) is 0 Å². The molecule has 0 amide bonds. The second-order valence-corrected chi connectivity index (χ2v) is 26.2. The lowest BCUT2D eigenvalue weighted by Crippen LogP contribution is -2.14. The molecule has 12 aromatic carbocycles. The zero-order valence-corrected chi connectivity index (χ0v) is 49.8. The number of para-hydroxylation sites is 2. The van der Waals surface area contributed by atoms with Crippen LogP contribution in [0.2, 0.25) is 0 Å². The fourth-order valence-corrected chi connectivity index (χ4v) is 11.5. The molecule has 0 fully saturated rings. The molecule has 12 aromatic rings. The smallest absolute Gasteiger partial charge is 0.155 e. The molecule has 0 unspecified atom stereocenters. The number of halogens is 2. The summed E-state index contributed by atoms with van der Waals surface area (Å²) in [5.41, 5.74) is 7.42. The van der Waals surface area contributed by atoms with Crippen molar-refractivity contribution in [1.82, 2.24) is 0 Å². The molecular formula is C80H74F2N2. The van der Waals surface area contributed by atoms with Gasteiger partial charge in [-0.15, -0.1) is 0 Å². The third-order valence-electron chi connectivity index (χ3n) is 16.4. The van der Waals surface area contributed by atoms with Crippen LogP contribution < -0.4 is 9.80 Å². The highest BCUT2D eigenvalue weighted by molar-refractivity contribution is 6.28. The first-order chi connectivity index (χ1) is 44.1. The molecule has 0 heterocycles. The molecule has 0 saturated heterocycles. The van der Waals surface area contributed by atoms with Gasteiger partial charge in [0.1, 0.15) is 0 Å². The first-order valence-corrected chi connectivity index (χ1v) is 28.7. The summed E-state index contributed by atoms with van der Waals surface area (Å²) in [7, 11) is 0. The quantitative estimate of drug-likeness (QED) is 0.126. The third kappa shape index (κ3) is 10.4. The second kappa shape index (κ2) is 21.1. The predicted molar refractivity (Wildman–Crippen MR) is 356 cm³/mol. The van der Waals surface area contributed by atoms with Crippen LogP contribution in [0.25, 0.3) is 76.8 Å². The van der Waals surface area contributed by atoms with Crippen molar-refractivity contribution in [3.05, 3.63) is 264 Å². The van der Waals surface area contributed by atoms with E-state index >= 15 is 8.78 Å². The van der Waals surface area contributed by atoms with E-state index in [4.69, 9.17) is 8.22 Å². The summed E-state index contributed by atoms with van der Waals surface area (Å²) in [6.07, 6.45) is 0. The van der Waals surface area contributed by atoms with Crippen molar-refractivity contribution in [2.75, 3.05) is 9.80 Å². The van der Waals surface area contributed by atoms with Gasteiger partial charge >= 0.3 is 0 Å². The molecule has 0 N–H and O–H groups in total. The molecule has 0 aliphatic rings. The Kier molecular flexibility index (Phi) is 11.2. The molecule has 0 saturated carbocycles. The Bertz CT molecular complexity index is 4630. The van der Waals surface area contributed by atoms with Crippen LogP contribution in [-0.4, -0.2) is 0 Å². The Balaban J connectivity index is 1.17. The lowest BCUT2D eigenvalue weighted by Gasteiger charge is -2.30. The van der Waals surface area contributed by atoms with E-state index in [2.05, 4.69) is 83.1 Å². The predicted octanol–water partition coefficient (Wildman–Crippen LogP) is 23.7. The summed E-state index contributed by atoms with van der Waals surface area (Å²) < 4.78 is 130. The fraction of sp³-hybridized carbons (Fsp3) is 0.200. The highest BCUT2D eigenvalue weighted by atomic mass is 19.1. The Morgan fingerprint density at radius 1 is 0.298 bits per heavy atom. The molecule has 0 aromatic heterocycles. The highest BCUT2D eigenvalue weighted by Gasteiger charge is 2.28. The number of nitrogens with zero attached hydrogens (tertiary/aromatic N) is 2. The average molecular weight is 1110 g/mol. The van der Waals surface area contributed by atoms with E-state index in [0.717, 1.165) is 33.4 Å². The number of benzene rings is 12. The molecule has 0 atom stereocenters. The zero-order valence-electron chi connectivity index (χ0n) is 59.8. The zero-order chi connectivity index (χ0) is 67.7. The Morgan fingerprint density at radius 2 is 0.583 bits per heavy atom. The van der Waals surface area contributed by atoms with Gasteiger partial charge in [0.2, 0.25) is 0 Å². The van der Waals surface area contributed by atoms with E-state index in [0.29, 0.717) is 54.6 Å². The number of anilines is 6. The molecule has 0 aliphatic carbocycles. The van der Waals surface area contributed by atoms with Crippen LogP contribution in [0, 0.1) is 11.6 Å². The Morgan fingerprint density at radius 3 is 0.881 bits per heavy atom. The first-order valence-electron chi connectivity index (χ1n) is 33.7. The molecule has 84 heavy (non-hydrogen) atoms. The first kappa shape index (κ1) is 44.7. The van der Waals surface area contributed by atoms with E-state index in [1.165, 1.54) is 9.80 Å². The number of hydrogen-bond acceptors (Lipinski definition) is 2. The van der Waals surface area contributed by atoms with E-state index in [1.807, 2.05) is 133 Å². The minimum Gasteiger partial charge on any atom is -0.307 e. The number of hydrogen-bond donors (Lipinski definition) is 0. The molecule has 0 radical (unpaired) electrons. The highest BCUT2D eigenvalue weighted by Crippen LogP contribution is 2.51. The maximum Gasteiger partial charge on any atom is 0.155 e. The van der Waals surface area contributed by atoms with Crippen molar-refractivity contribution >= 4 is 66.4 Å². The van der Waals surface area contributed by atoms with Crippen molar-refractivity contribution in [3.8, 4) is 44.5 Å². The lowest BCUT2D eigenvalue weighted by atomic mass is 9.85. The maximum absolute atomic E-state index is 18.8. The van der Waals surface area contributed by atoms with Crippen molar-refractivity contribution in [3.63, 3.8) is 0 Å². The van der Waals surface area contributed by atoms with Crippen LogP contribution in [0.3, 0.4) is 0 Å².